The Hall–Kier alpha value is -3.65. The minimum absolute atomic E-state index is 0.140. The molecular weight excluding hydrogens is 490 g/mol. The Morgan fingerprint density at radius 2 is 1.69 bits per heavy atom. The molecule has 2 amide bonds. The quantitative estimate of drug-likeness (QED) is 0.392. The van der Waals surface area contributed by atoms with Gasteiger partial charge in [0.05, 0.1) is 18.3 Å². The van der Waals surface area contributed by atoms with Crippen molar-refractivity contribution in [1.82, 2.24) is 14.7 Å². The average molecular weight is 532 g/mol. The minimum Gasteiger partial charge on any atom is -0.453 e. The van der Waals surface area contributed by atoms with Gasteiger partial charge in [0, 0.05) is 17.3 Å². The van der Waals surface area contributed by atoms with Gasteiger partial charge in [0.25, 0.3) is 5.91 Å². The lowest BCUT2D eigenvalue weighted by Crippen LogP contribution is -2.29. The number of aromatic nitrogens is 2. The predicted molar refractivity (Wildman–Crippen MR) is 156 cm³/mol. The minimum atomic E-state index is -0.495. The average Bonchev–Trinajstić information content (AvgIpc) is 3.32. The highest BCUT2D eigenvalue weighted by atomic mass is 16.5. The van der Waals surface area contributed by atoms with Gasteiger partial charge in [-0.05, 0) is 120 Å². The van der Waals surface area contributed by atoms with Crippen LogP contribution in [0.5, 0.6) is 0 Å². The van der Waals surface area contributed by atoms with E-state index in [-0.39, 0.29) is 11.4 Å². The topological polar surface area (TPSA) is 88.5 Å². The third kappa shape index (κ3) is 7.26. The molecule has 0 unspecified atom stereocenters. The highest BCUT2D eigenvalue weighted by Gasteiger charge is 2.22. The third-order valence-electron chi connectivity index (χ3n) is 7.43. The SMILES string of the molecule is COC(=O)Nc1ccc(C)c(CCc2cc(NC(=O)c3ccc(C4CCN(C)CC4)cc3)n(C(C)(C)C)n2)c1. The van der Waals surface area contributed by atoms with Gasteiger partial charge >= 0.3 is 6.09 Å². The van der Waals surface area contributed by atoms with Crippen LogP contribution in [-0.4, -0.2) is 53.9 Å². The van der Waals surface area contributed by atoms with Crippen molar-refractivity contribution in [1.29, 1.82) is 0 Å². The number of rotatable bonds is 7. The molecule has 0 spiro atoms. The first-order valence-electron chi connectivity index (χ1n) is 13.7. The van der Waals surface area contributed by atoms with Crippen molar-refractivity contribution in [2.75, 3.05) is 37.9 Å². The number of likely N-dealkylation sites (tertiary alicyclic amines) is 1. The van der Waals surface area contributed by atoms with Crippen LogP contribution in [0.4, 0.5) is 16.3 Å². The van der Waals surface area contributed by atoms with Crippen LogP contribution in [0.25, 0.3) is 0 Å². The Morgan fingerprint density at radius 3 is 2.33 bits per heavy atom. The van der Waals surface area contributed by atoms with Gasteiger partial charge in [0.15, 0.2) is 0 Å². The maximum absolute atomic E-state index is 13.2. The summed E-state index contributed by atoms with van der Waals surface area (Å²) in [5, 5.41) is 10.7. The number of amides is 2. The normalized spacial score (nSPS) is 14.7. The molecular formula is C31H41N5O3. The number of carbonyl (C=O) groups excluding carboxylic acids is 2. The fourth-order valence-corrected chi connectivity index (χ4v) is 5.04. The summed E-state index contributed by atoms with van der Waals surface area (Å²) in [6.45, 7) is 10.5. The van der Waals surface area contributed by atoms with Gasteiger partial charge in [-0.1, -0.05) is 18.2 Å². The monoisotopic (exact) mass is 531 g/mol. The molecule has 0 saturated carbocycles. The molecule has 8 nitrogen and oxygen atoms in total. The first-order chi connectivity index (χ1) is 18.5. The lowest BCUT2D eigenvalue weighted by molar-refractivity contribution is 0.102. The fourth-order valence-electron chi connectivity index (χ4n) is 5.04. The van der Waals surface area contributed by atoms with Crippen LogP contribution in [0.15, 0.2) is 48.5 Å². The molecule has 4 rings (SSSR count). The molecule has 8 heteroatoms. The summed E-state index contributed by atoms with van der Waals surface area (Å²) in [5.74, 6) is 1.10. The van der Waals surface area contributed by atoms with Crippen LogP contribution in [0, 0.1) is 6.92 Å². The van der Waals surface area contributed by atoms with Crippen molar-refractivity contribution in [2.45, 2.75) is 64.8 Å². The highest BCUT2D eigenvalue weighted by molar-refractivity contribution is 6.03. The van der Waals surface area contributed by atoms with Gasteiger partial charge in [-0.3, -0.25) is 10.1 Å². The van der Waals surface area contributed by atoms with Crippen LogP contribution in [0.2, 0.25) is 0 Å². The molecule has 0 radical (unpaired) electrons. The lowest BCUT2D eigenvalue weighted by Gasteiger charge is -2.29. The van der Waals surface area contributed by atoms with E-state index < -0.39 is 6.09 Å². The number of carbonyl (C=O) groups is 2. The van der Waals surface area contributed by atoms with Gasteiger partial charge in [-0.2, -0.15) is 5.10 Å². The molecule has 1 fully saturated rings. The molecule has 3 aromatic rings. The number of nitrogens with one attached hydrogen (secondary N) is 2. The summed E-state index contributed by atoms with van der Waals surface area (Å²) >= 11 is 0. The van der Waals surface area contributed by atoms with Crippen molar-refractivity contribution in [3.63, 3.8) is 0 Å². The second kappa shape index (κ2) is 12.0. The molecule has 0 aliphatic carbocycles. The zero-order chi connectivity index (χ0) is 28.2. The summed E-state index contributed by atoms with van der Waals surface area (Å²) in [6.07, 6.45) is 3.25. The number of hydrogen-bond acceptors (Lipinski definition) is 5. The number of benzene rings is 2. The molecule has 39 heavy (non-hydrogen) atoms. The number of anilines is 2. The van der Waals surface area contributed by atoms with Crippen LogP contribution >= 0.6 is 0 Å². The van der Waals surface area contributed by atoms with Crippen molar-refractivity contribution in [3.8, 4) is 0 Å². The van der Waals surface area contributed by atoms with E-state index in [0.29, 0.717) is 29.4 Å². The number of nitrogens with zero attached hydrogens (tertiary/aromatic N) is 3. The summed E-state index contributed by atoms with van der Waals surface area (Å²) in [6, 6.07) is 15.8. The van der Waals surface area contributed by atoms with Gasteiger partial charge in [0.2, 0.25) is 0 Å². The standard InChI is InChI=1S/C31H41N5O3/c1-21-7-13-26(32-30(38)39-6)19-25(21)12-14-27-20-28(36(34-27)31(2,3)4)33-29(37)24-10-8-22(9-11-24)23-15-17-35(5)18-16-23/h7-11,13,19-20,23H,12,14-18H2,1-6H3,(H,32,38)(H,33,37). The van der Waals surface area contributed by atoms with Crippen LogP contribution < -0.4 is 10.6 Å². The maximum atomic E-state index is 13.2. The van der Waals surface area contributed by atoms with E-state index in [1.165, 1.54) is 12.7 Å². The molecule has 0 bridgehead atoms. The number of piperidine rings is 1. The van der Waals surface area contributed by atoms with Gasteiger partial charge in [0.1, 0.15) is 5.82 Å². The summed E-state index contributed by atoms with van der Waals surface area (Å²) in [7, 11) is 3.51. The molecule has 2 aromatic carbocycles. The number of aryl methyl sites for hydroxylation is 3. The van der Waals surface area contributed by atoms with E-state index in [1.54, 1.807) is 0 Å². The number of hydrogen-bond donors (Lipinski definition) is 2. The van der Waals surface area contributed by atoms with E-state index in [4.69, 9.17) is 9.84 Å². The third-order valence-corrected chi connectivity index (χ3v) is 7.43. The zero-order valence-corrected chi connectivity index (χ0v) is 24.0. The summed E-state index contributed by atoms with van der Waals surface area (Å²) in [5.41, 5.74) is 5.48. The Balaban J connectivity index is 1.46. The Morgan fingerprint density at radius 1 is 1.00 bits per heavy atom. The van der Waals surface area contributed by atoms with Crippen molar-refractivity contribution >= 4 is 23.5 Å². The first kappa shape index (κ1) is 28.4. The lowest BCUT2D eigenvalue weighted by atomic mass is 9.89. The molecule has 2 N–H and O–H groups in total. The molecule has 0 atom stereocenters. The smallest absolute Gasteiger partial charge is 0.411 e. The zero-order valence-electron chi connectivity index (χ0n) is 24.0. The van der Waals surface area contributed by atoms with Crippen molar-refractivity contribution in [2.24, 2.45) is 0 Å². The predicted octanol–water partition coefficient (Wildman–Crippen LogP) is 5.97. The van der Waals surface area contributed by atoms with Crippen LogP contribution in [-0.2, 0) is 23.1 Å². The summed E-state index contributed by atoms with van der Waals surface area (Å²) in [4.78, 5) is 27.2. The number of ether oxygens (including phenoxy) is 1. The maximum Gasteiger partial charge on any atom is 0.411 e. The first-order valence-corrected chi connectivity index (χ1v) is 13.7. The second-order valence-electron chi connectivity index (χ2n) is 11.5. The molecule has 2 heterocycles. The largest absolute Gasteiger partial charge is 0.453 e. The van der Waals surface area contributed by atoms with Crippen LogP contribution in [0.1, 0.15) is 72.3 Å². The van der Waals surface area contributed by atoms with Gasteiger partial charge in [-0.25, -0.2) is 9.48 Å². The van der Waals surface area contributed by atoms with Gasteiger partial charge < -0.3 is 15.0 Å². The molecule has 1 aromatic heterocycles. The van der Waals surface area contributed by atoms with E-state index >= 15 is 0 Å². The molecule has 1 aliphatic heterocycles. The highest BCUT2D eigenvalue weighted by Crippen LogP contribution is 2.28. The van der Waals surface area contributed by atoms with E-state index in [9.17, 15) is 9.59 Å². The van der Waals surface area contributed by atoms with Crippen molar-refractivity contribution < 1.29 is 14.3 Å². The number of methoxy groups -OCH3 is 1. The van der Waals surface area contributed by atoms with E-state index in [1.807, 2.05) is 41.1 Å². The van der Waals surface area contributed by atoms with Crippen LogP contribution in [0.3, 0.4) is 0 Å². The molecule has 1 aliphatic rings. The second-order valence-corrected chi connectivity index (χ2v) is 11.5. The molecule has 208 valence electrons. The Labute approximate surface area is 231 Å². The van der Waals surface area contributed by atoms with Gasteiger partial charge in [-0.15, -0.1) is 0 Å². The van der Waals surface area contributed by atoms with E-state index in [2.05, 4.69) is 62.4 Å². The Bertz CT molecular complexity index is 1300. The fraction of sp³-hybridized carbons (Fsp3) is 0.452. The molecule has 1 saturated heterocycles. The van der Waals surface area contributed by atoms with E-state index in [0.717, 1.165) is 49.2 Å². The summed E-state index contributed by atoms with van der Waals surface area (Å²) < 4.78 is 6.59. The van der Waals surface area contributed by atoms with Crippen molar-refractivity contribution in [3.05, 3.63) is 76.5 Å². The Kier molecular flexibility index (Phi) is 8.75.